The molecule has 0 aromatic carbocycles. The molecule has 3 heterocycles. The van der Waals surface area contributed by atoms with Gasteiger partial charge in [0, 0.05) is 36.7 Å². The second kappa shape index (κ2) is 5.71. The first-order valence-electron chi connectivity index (χ1n) is 7.47. The van der Waals surface area contributed by atoms with E-state index in [2.05, 4.69) is 47.7 Å². The molecule has 6 heteroatoms. The first-order valence-corrected chi connectivity index (χ1v) is 7.47. The lowest BCUT2D eigenvalue weighted by atomic mass is 10.2. The number of hydrogen-bond acceptors (Lipinski definition) is 4. The van der Waals surface area contributed by atoms with Gasteiger partial charge in [0.1, 0.15) is 11.5 Å². The monoisotopic (exact) mass is 296 g/mol. The standard InChI is InChI=1S/C16H20N6/c1-11(2)15-17-6-5-14(20-15)16-18-7-8-21(16)13-9-19-22(10-13)12(3)4/h5-12H,1-4H3. The van der Waals surface area contributed by atoms with Gasteiger partial charge >= 0.3 is 0 Å². The van der Waals surface area contributed by atoms with Crippen LogP contribution >= 0.6 is 0 Å². The predicted molar refractivity (Wildman–Crippen MR) is 84.8 cm³/mol. The van der Waals surface area contributed by atoms with Crippen LogP contribution in [0.25, 0.3) is 17.2 Å². The van der Waals surface area contributed by atoms with Crippen LogP contribution < -0.4 is 0 Å². The zero-order valence-electron chi connectivity index (χ0n) is 13.3. The lowest BCUT2D eigenvalue weighted by Crippen LogP contribution is -2.02. The highest BCUT2D eigenvalue weighted by atomic mass is 15.3. The molecule has 3 rings (SSSR count). The highest BCUT2D eigenvalue weighted by molar-refractivity contribution is 5.53. The minimum atomic E-state index is 0.284. The Kier molecular flexibility index (Phi) is 3.75. The summed E-state index contributed by atoms with van der Waals surface area (Å²) in [6, 6.07) is 2.21. The normalized spacial score (nSPS) is 11.5. The molecule has 0 fully saturated rings. The van der Waals surface area contributed by atoms with E-state index in [1.54, 1.807) is 12.4 Å². The van der Waals surface area contributed by atoms with Crippen molar-refractivity contribution in [3.8, 4) is 17.2 Å². The molecule has 0 saturated carbocycles. The van der Waals surface area contributed by atoms with Crippen molar-refractivity contribution >= 4 is 0 Å². The average molecular weight is 296 g/mol. The lowest BCUT2D eigenvalue weighted by Gasteiger charge is -2.08. The van der Waals surface area contributed by atoms with Gasteiger partial charge in [-0.15, -0.1) is 0 Å². The van der Waals surface area contributed by atoms with Crippen molar-refractivity contribution in [3.63, 3.8) is 0 Å². The molecule has 3 aromatic rings. The van der Waals surface area contributed by atoms with Crippen molar-refractivity contribution in [3.05, 3.63) is 42.9 Å². The van der Waals surface area contributed by atoms with Crippen molar-refractivity contribution in [2.45, 2.75) is 39.7 Å². The summed E-state index contributed by atoms with van der Waals surface area (Å²) in [6.07, 6.45) is 9.34. The Bertz CT molecular complexity index is 768. The molecule has 6 nitrogen and oxygen atoms in total. The van der Waals surface area contributed by atoms with Crippen LogP contribution in [-0.4, -0.2) is 29.3 Å². The van der Waals surface area contributed by atoms with Crippen LogP contribution in [0.1, 0.15) is 45.5 Å². The van der Waals surface area contributed by atoms with Crippen LogP contribution in [0.4, 0.5) is 0 Å². The topological polar surface area (TPSA) is 61.4 Å². The number of imidazole rings is 1. The molecule has 0 bridgehead atoms. The Morgan fingerprint density at radius 2 is 1.86 bits per heavy atom. The van der Waals surface area contributed by atoms with E-state index in [0.717, 1.165) is 23.0 Å². The van der Waals surface area contributed by atoms with Crippen LogP contribution in [0, 0.1) is 0 Å². The molecular formula is C16H20N6. The summed E-state index contributed by atoms with van der Waals surface area (Å²) in [5.74, 6) is 1.91. The Labute approximate surface area is 129 Å². The molecular weight excluding hydrogens is 276 g/mol. The summed E-state index contributed by atoms with van der Waals surface area (Å²) in [5.41, 5.74) is 1.80. The van der Waals surface area contributed by atoms with Crippen molar-refractivity contribution < 1.29 is 0 Å². The third-order valence-electron chi connectivity index (χ3n) is 3.46. The second-order valence-corrected chi connectivity index (χ2v) is 5.85. The summed E-state index contributed by atoms with van der Waals surface area (Å²) >= 11 is 0. The maximum absolute atomic E-state index is 4.62. The van der Waals surface area contributed by atoms with Gasteiger partial charge in [-0.1, -0.05) is 13.8 Å². The molecule has 0 radical (unpaired) electrons. The van der Waals surface area contributed by atoms with Crippen molar-refractivity contribution in [1.29, 1.82) is 0 Å². The summed E-state index contributed by atoms with van der Waals surface area (Å²) < 4.78 is 3.93. The minimum absolute atomic E-state index is 0.284. The number of aromatic nitrogens is 6. The number of nitrogens with zero attached hydrogens (tertiary/aromatic N) is 6. The van der Waals surface area contributed by atoms with Gasteiger partial charge in [0.05, 0.1) is 11.9 Å². The smallest absolute Gasteiger partial charge is 0.163 e. The molecule has 0 aliphatic rings. The van der Waals surface area contributed by atoms with Gasteiger partial charge in [-0.3, -0.25) is 9.25 Å². The van der Waals surface area contributed by atoms with Gasteiger partial charge in [-0.05, 0) is 19.9 Å². The third kappa shape index (κ3) is 2.64. The summed E-state index contributed by atoms with van der Waals surface area (Å²) in [5, 5.41) is 4.39. The average Bonchev–Trinajstić information content (AvgIpc) is 3.16. The van der Waals surface area contributed by atoms with E-state index in [9.17, 15) is 0 Å². The highest BCUT2D eigenvalue weighted by Crippen LogP contribution is 2.21. The minimum Gasteiger partial charge on any atom is -0.295 e. The molecule has 0 N–H and O–H groups in total. The molecule has 3 aromatic heterocycles. The molecule has 0 unspecified atom stereocenters. The van der Waals surface area contributed by atoms with E-state index < -0.39 is 0 Å². The first-order chi connectivity index (χ1) is 10.6. The van der Waals surface area contributed by atoms with E-state index in [1.165, 1.54) is 0 Å². The molecule has 0 aliphatic heterocycles. The quantitative estimate of drug-likeness (QED) is 0.741. The molecule has 114 valence electrons. The highest BCUT2D eigenvalue weighted by Gasteiger charge is 2.13. The fraction of sp³-hybridized carbons (Fsp3) is 0.375. The van der Waals surface area contributed by atoms with Crippen LogP contribution in [-0.2, 0) is 0 Å². The maximum atomic E-state index is 4.62. The van der Waals surface area contributed by atoms with Crippen LogP contribution in [0.2, 0.25) is 0 Å². The Morgan fingerprint density at radius 3 is 2.55 bits per heavy atom. The summed E-state index contributed by atoms with van der Waals surface area (Å²) in [6.45, 7) is 8.37. The van der Waals surface area contributed by atoms with E-state index >= 15 is 0 Å². The lowest BCUT2D eigenvalue weighted by molar-refractivity contribution is 0.532. The SMILES string of the molecule is CC(C)c1nccc(-c2nccn2-c2cnn(C(C)C)c2)n1. The van der Waals surface area contributed by atoms with Gasteiger partial charge < -0.3 is 0 Å². The molecule has 0 amide bonds. The van der Waals surface area contributed by atoms with E-state index in [-0.39, 0.29) is 5.92 Å². The Morgan fingerprint density at radius 1 is 1.05 bits per heavy atom. The molecule has 0 saturated heterocycles. The van der Waals surface area contributed by atoms with E-state index in [4.69, 9.17) is 0 Å². The van der Waals surface area contributed by atoms with Crippen LogP contribution in [0.3, 0.4) is 0 Å². The Hall–Kier alpha value is -2.50. The van der Waals surface area contributed by atoms with Crippen molar-refractivity contribution in [1.82, 2.24) is 29.3 Å². The van der Waals surface area contributed by atoms with Gasteiger partial charge in [0.25, 0.3) is 0 Å². The number of hydrogen-bond donors (Lipinski definition) is 0. The van der Waals surface area contributed by atoms with Crippen molar-refractivity contribution in [2.75, 3.05) is 0 Å². The van der Waals surface area contributed by atoms with Gasteiger partial charge in [-0.25, -0.2) is 15.0 Å². The maximum Gasteiger partial charge on any atom is 0.163 e. The molecule has 0 atom stereocenters. The fourth-order valence-electron chi connectivity index (χ4n) is 2.21. The summed E-state index contributed by atoms with van der Waals surface area (Å²) in [4.78, 5) is 13.4. The van der Waals surface area contributed by atoms with Crippen LogP contribution in [0.15, 0.2) is 37.1 Å². The van der Waals surface area contributed by atoms with E-state index in [0.29, 0.717) is 6.04 Å². The predicted octanol–water partition coefficient (Wildman–Crippen LogP) is 3.23. The number of rotatable bonds is 4. The van der Waals surface area contributed by atoms with E-state index in [1.807, 2.05) is 33.9 Å². The second-order valence-electron chi connectivity index (χ2n) is 5.85. The van der Waals surface area contributed by atoms with Gasteiger partial charge in [0.2, 0.25) is 0 Å². The molecule has 22 heavy (non-hydrogen) atoms. The molecule has 0 spiro atoms. The first kappa shape index (κ1) is 14.4. The zero-order chi connectivity index (χ0) is 15.7. The molecule has 0 aliphatic carbocycles. The van der Waals surface area contributed by atoms with Crippen LogP contribution in [0.5, 0.6) is 0 Å². The zero-order valence-corrected chi connectivity index (χ0v) is 13.3. The largest absolute Gasteiger partial charge is 0.295 e. The van der Waals surface area contributed by atoms with Gasteiger partial charge in [0.15, 0.2) is 5.82 Å². The fourth-order valence-corrected chi connectivity index (χ4v) is 2.21. The summed E-state index contributed by atoms with van der Waals surface area (Å²) in [7, 11) is 0. The van der Waals surface area contributed by atoms with Gasteiger partial charge in [-0.2, -0.15) is 5.10 Å². The van der Waals surface area contributed by atoms with Crippen molar-refractivity contribution in [2.24, 2.45) is 0 Å². The Balaban J connectivity index is 2.03. The third-order valence-corrected chi connectivity index (χ3v) is 3.46.